The van der Waals surface area contributed by atoms with Crippen LogP contribution in [0.15, 0.2) is 71.6 Å². The molecule has 0 radical (unpaired) electrons. The number of carbonyl (C=O) groups is 1. The van der Waals surface area contributed by atoms with E-state index in [1.807, 2.05) is 0 Å². The average Bonchev–Trinajstić information content (AvgIpc) is 3.19. The summed E-state index contributed by atoms with van der Waals surface area (Å²) in [6.45, 7) is 0. The fourth-order valence-electron chi connectivity index (χ4n) is 5.41. The maximum atomic E-state index is 11.9. The lowest BCUT2D eigenvalue weighted by molar-refractivity contribution is -0.387. The van der Waals surface area contributed by atoms with Crippen LogP contribution in [0.4, 0.5) is 17.1 Å². The molecule has 9 nitrogen and oxygen atoms in total. The molecule has 1 saturated carbocycles. The second kappa shape index (κ2) is 9.44. The van der Waals surface area contributed by atoms with E-state index in [4.69, 9.17) is 11.6 Å². The first-order valence-electron chi connectivity index (χ1n) is 11.2. The number of hydrogen-bond acceptors (Lipinski definition) is 8. The first-order chi connectivity index (χ1) is 17.3. The molecule has 0 unspecified atom stereocenters. The van der Waals surface area contributed by atoms with E-state index >= 15 is 0 Å². The van der Waals surface area contributed by atoms with Crippen LogP contribution in [0.25, 0.3) is 0 Å². The molecule has 5 rings (SSSR count). The van der Waals surface area contributed by atoms with Crippen molar-refractivity contribution in [2.45, 2.75) is 33.9 Å². The normalized spacial score (nSPS) is 24.3. The van der Waals surface area contributed by atoms with Crippen molar-refractivity contribution in [1.82, 2.24) is 0 Å². The Morgan fingerprint density at radius 3 is 2.25 bits per heavy atom. The highest BCUT2D eigenvalue weighted by Crippen LogP contribution is 2.59. The van der Waals surface area contributed by atoms with Gasteiger partial charge in [-0.25, -0.2) is 0 Å². The highest BCUT2D eigenvalue weighted by molar-refractivity contribution is 8.00. The minimum Gasteiger partial charge on any atom is -0.545 e. The van der Waals surface area contributed by atoms with Crippen molar-refractivity contribution >= 4 is 46.4 Å². The molecule has 1 aliphatic carbocycles. The zero-order valence-electron chi connectivity index (χ0n) is 18.6. The standard InChI is InChI=1S/C25H20ClN3O6S/c26-22-20(36-19-11-4-3-10-18(19)29(34)35)12-16-21(22)14-7-5-8-15(25(30)31)24(14)27-23(16)13-6-1-2-9-17(13)28(32)33/h1-11,16,20-23,27H,12H2,(H,30,31)/p-1/t16-,20-,21+,22-,23-/m0/s1. The number of carboxylic acids is 1. The highest BCUT2D eigenvalue weighted by atomic mass is 35.5. The summed E-state index contributed by atoms with van der Waals surface area (Å²) >= 11 is 8.34. The Hall–Kier alpha value is -3.63. The fourth-order valence-corrected chi connectivity index (χ4v) is 7.35. The summed E-state index contributed by atoms with van der Waals surface area (Å²) in [4.78, 5) is 34.9. The maximum Gasteiger partial charge on any atom is 0.282 e. The van der Waals surface area contributed by atoms with E-state index in [1.165, 1.54) is 30.0 Å². The van der Waals surface area contributed by atoms with Crippen LogP contribution in [0, 0.1) is 26.1 Å². The zero-order valence-corrected chi connectivity index (χ0v) is 20.1. The first kappa shape index (κ1) is 24.1. The van der Waals surface area contributed by atoms with Crippen molar-refractivity contribution in [2.24, 2.45) is 5.92 Å². The Balaban J connectivity index is 1.62. The molecule has 3 aromatic carbocycles. The SMILES string of the molecule is O=C([O-])c1cccc2c1N[C@@H](c1ccccc1[N+](=O)[O-])[C@H]1C[C@H](Sc3ccccc3[N+](=O)[O-])[C@H](Cl)[C@H]21. The molecule has 1 N–H and O–H groups in total. The van der Waals surface area contributed by atoms with Gasteiger partial charge in [0.05, 0.1) is 37.7 Å². The number of para-hydroxylation sites is 3. The van der Waals surface area contributed by atoms with Gasteiger partial charge < -0.3 is 15.2 Å². The second-order valence-electron chi connectivity index (χ2n) is 8.75. The van der Waals surface area contributed by atoms with Crippen molar-refractivity contribution in [1.29, 1.82) is 0 Å². The number of rotatable bonds is 6. The van der Waals surface area contributed by atoms with Crippen molar-refractivity contribution in [2.75, 3.05) is 5.32 Å². The molecule has 36 heavy (non-hydrogen) atoms. The summed E-state index contributed by atoms with van der Waals surface area (Å²) < 4.78 is 0. The quantitative estimate of drug-likeness (QED) is 0.273. The van der Waals surface area contributed by atoms with Crippen LogP contribution in [0.2, 0.25) is 0 Å². The number of anilines is 1. The summed E-state index contributed by atoms with van der Waals surface area (Å²) in [5.41, 5.74) is 1.31. The third-order valence-electron chi connectivity index (χ3n) is 6.88. The van der Waals surface area contributed by atoms with Gasteiger partial charge in [-0.15, -0.1) is 23.4 Å². The smallest absolute Gasteiger partial charge is 0.282 e. The van der Waals surface area contributed by atoms with Gasteiger partial charge >= 0.3 is 0 Å². The van der Waals surface area contributed by atoms with Crippen LogP contribution >= 0.6 is 23.4 Å². The lowest BCUT2D eigenvalue weighted by Crippen LogP contribution is -2.34. The number of carbonyl (C=O) groups excluding carboxylic acids is 1. The molecular formula is C25H19ClN3O6S-. The molecule has 2 aliphatic rings. The Kier molecular flexibility index (Phi) is 6.31. The minimum absolute atomic E-state index is 0.0192. The lowest BCUT2D eigenvalue weighted by Gasteiger charge is -2.39. The molecule has 0 amide bonds. The van der Waals surface area contributed by atoms with Gasteiger partial charge in [0.1, 0.15) is 0 Å². The van der Waals surface area contributed by atoms with Crippen LogP contribution in [-0.2, 0) is 0 Å². The number of fused-ring (bicyclic) bond motifs is 3. The number of nitrogens with one attached hydrogen (secondary N) is 1. The van der Waals surface area contributed by atoms with Crippen LogP contribution < -0.4 is 10.4 Å². The third-order valence-corrected chi connectivity index (χ3v) is 8.99. The number of hydrogen-bond donors (Lipinski definition) is 1. The van der Waals surface area contributed by atoms with Gasteiger partial charge in [0.25, 0.3) is 11.4 Å². The van der Waals surface area contributed by atoms with E-state index in [2.05, 4.69) is 5.32 Å². The van der Waals surface area contributed by atoms with Crippen LogP contribution in [0.1, 0.15) is 39.9 Å². The average molecular weight is 525 g/mol. The predicted molar refractivity (Wildman–Crippen MR) is 133 cm³/mol. The van der Waals surface area contributed by atoms with Gasteiger partial charge in [-0.1, -0.05) is 48.5 Å². The molecule has 11 heteroatoms. The number of nitro groups is 2. The van der Waals surface area contributed by atoms with Gasteiger partial charge in [0.15, 0.2) is 0 Å². The third kappa shape index (κ3) is 4.06. The number of alkyl halides is 1. The van der Waals surface area contributed by atoms with Gasteiger partial charge in [-0.05, 0) is 24.0 Å². The molecule has 0 spiro atoms. The van der Waals surface area contributed by atoms with Crippen molar-refractivity contribution in [3.63, 3.8) is 0 Å². The second-order valence-corrected chi connectivity index (χ2v) is 10.5. The fraction of sp³-hybridized carbons (Fsp3) is 0.240. The lowest BCUT2D eigenvalue weighted by atomic mass is 9.76. The number of carboxylic acid groups (broad SMARTS) is 1. The number of thioether (sulfide) groups is 1. The van der Waals surface area contributed by atoms with Crippen LogP contribution in [0.5, 0.6) is 0 Å². The molecule has 1 aliphatic heterocycles. The van der Waals surface area contributed by atoms with E-state index in [9.17, 15) is 30.1 Å². The summed E-state index contributed by atoms with van der Waals surface area (Å²) in [5, 5.41) is 37.8. The number of nitrogens with zero attached hydrogens (tertiary/aromatic N) is 2. The van der Waals surface area contributed by atoms with Gasteiger partial charge in [0, 0.05) is 34.6 Å². The highest BCUT2D eigenvalue weighted by Gasteiger charge is 2.51. The first-order valence-corrected chi connectivity index (χ1v) is 12.5. The molecule has 1 heterocycles. The molecule has 0 saturated heterocycles. The summed E-state index contributed by atoms with van der Waals surface area (Å²) in [6.07, 6.45) is 0.508. The minimum atomic E-state index is -1.37. The van der Waals surface area contributed by atoms with E-state index in [-0.39, 0.29) is 34.0 Å². The number of aromatic carboxylic acids is 1. The maximum absolute atomic E-state index is 11.9. The molecule has 184 valence electrons. The van der Waals surface area contributed by atoms with Gasteiger partial charge in [-0.3, -0.25) is 20.2 Å². The number of benzene rings is 3. The van der Waals surface area contributed by atoms with E-state index in [1.54, 1.807) is 48.5 Å². The summed E-state index contributed by atoms with van der Waals surface area (Å²) in [6, 6.07) is 17.0. The molecule has 1 fully saturated rings. The van der Waals surface area contributed by atoms with Crippen LogP contribution in [-0.4, -0.2) is 26.4 Å². The monoisotopic (exact) mass is 524 g/mol. The molecule has 5 atom stereocenters. The molecule has 3 aromatic rings. The summed E-state index contributed by atoms with van der Waals surface area (Å²) in [5.74, 6) is -1.93. The van der Waals surface area contributed by atoms with Gasteiger partial charge in [0.2, 0.25) is 0 Å². The Morgan fingerprint density at radius 1 is 0.917 bits per heavy atom. The summed E-state index contributed by atoms with van der Waals surface area (Å²) in [7, 11) is 0. The van der Waals surface area contributed by atoms with E-state index in [0.29, 0.717) is 28.1 Å². The van der Waals surface area contributed by atoms with E-state index in [0.717, 1.165) is 0 Å². The van der Waals surface area contributed by atoms with Crippen molar-refractivity contribution < 1.29 is 19.7 Å². The number of halogens is 1. The van der Waals surface area contributed by atoms with Gasteiger partial charge in [-0.2, -0.15) is 0 Å². The van der Waals surface area contributed by atoms with Crippen molar-refractivity contribution in [3.8, 4) is 0 Å². The largest absolute Gasteiger partial charge is 0.545 e. The molecule has 0 aromatic heterocycles. The van der Waals surface area contributed by atoms with Crippen LogP contribution in [0.3, 0.4) is 0 Å². The molecule has 0 bridgehead atoms. The van der Waals surface area contributed by atoms with Crippen molar-refractivity contribution in [3.05, 3.63) is 104 Å². The molecular weight excluding hydrogens is 506 g/mol. The predicted octanol–water partition coefficient (Wildman–Crippen LogP) is 4.91. The Morgan fingerprint density at radius 2 is 1.56 bits per heavy atom. The topological polar surface area (TPSA) is 138 Å². The number of nitro benzene ring substituents is 2. The van der Waals surface area contributed by atoms with E-state index < -0.39 is 27.2 Å². The zero-order chi connectivity index (χ0) is 25.6. The Bertz CT molecular complexity index is 1390. The Labute approximate surface area is 214 Å².